The van der Waals surface area contributed by atoms with Gasteiger partial charge in [0, 0.05) is 44.7 Å². The predicted octanol–water partition coefficient (Wildman–Crippen LogP) is 7.93. The van der Waals surface area contributed by atoms with Crippen LogP contribution in [0.4, 0.5) is 5.13 Å². The van der Waals surface area contributed by atoms with Gasteiger partial charge in [0.2, 0.25) is 11.5 Å². The molecule has 0 radical (unpaired) electrons. The SMILES string of the molecule is CC(C)(COS(c1ccccc1)(c1ccccc1)C(C)(C)C)c1nnc(NC=O)s1.CN(C1CCOCC1)C(C)(C)C. The molecule has 1 N–H and O–H groups in total. The highest BCUT2D eigenvalue weighted by atomic mass is 32.3. The van der Waals surface area contributed by atoms with E-state index in [4.69, 9.17) is 8.92 Å². The van der Waals surface area contributed by atoms with Crippen LogP contribution >= 0.6 is 21.6 Å². The van der Waals surface area contributed by atoms with Gasteiger partial charge in [-0.1, -0.05) is 71.9 Å². The first-order valence-corrected chi connectivity index (χ1v) is 17.0. The maximum Gasteiger partial charge on any atom is 0.213 e. The first-order chi connectivity index (χ1) is 19.7. The fourth-order valence-electron chi connectivity index (χ4n) is 4.90. The summed E-state index contributed by atoms with van der Waals surface area (Å²) in [6.45, 7) is 20.1. The second kappa shape index (κ2) is 14.4. The molecule has 7 nitrogen and oxygen atoms in total. The van der Waals surface area contributed by atoms with E-state index in [-0.39, 0.29) is 10.2 Å². The molecule has 0 unspecified atom stereocenters. The zero-order chi connectivity index (χ0) is 31.0. The molecule has 1 aromatic heterocycles. The van der Waals surface area contributed by atoms with E-state index in [1.807, 2.05) is 12.1 Å². The molecule has 9 heteroatoms. The lowest BCUT2D eigenvalue weighted by atomic mass is 9.96. The lowest BCUT2D eigenvalue weighted by Gasteiger charge is -2.51. The monoisotopic (exact) mass is 614 g/mol. The summed E-state index contributed by atoms with van der Waals surface area (Å²) in [6, 6.07) is 21.7. The van der Waals surface area contributed by atoms with E-state index in [0.29, 0.717) is 23.7 Å². The smallest absolute Gasteiger partial charge is 0.213 e. The molecule has 1 aliphatic heterocycles. The molecule has 0 atom stereocenters. The molecule has 0 spiro atoms. The van der Waals surface area contributed by atoms with Crippen molar-refractivity contribution < 1.29 is 13.7 Å². The quantitative estimate of drug-likeness (QED) is 0.247. The number of hydrogen-bond donors (Lipinski definition) is 1. The maximum atomic E-state index is 10.7. The number of anilines is 1. The summed E-state index contributed by atoms with van der Waals surface area (Å²) in [7, 11) is 0.388. The number of hydrogen-bond acceptors (Lipinski definition) is 7. The standard InChI is InChI=1S/C23H29N3O2S2.C10H21NO/c1-22(2,3)30(18-12-8-6-9-13-18,19-14-10-7-11-15-19)28-16-23(4,5)20-25-26-21(29-20)24-17-27;1-10(2,3)11(4)9-5-7-12-8-6-9/h6-15,17H,16H2,1-5H3,(H,24,26,27);9H,5-8H2,1-4H3. The molecule has 1 aliphatic rings. The molecule has 2 aromatic carbocycles. The zero-order valence-corrected chi connectivity index (χ0v) is 28.5. The van der Waals surface area contributed by atoms with Crippen molar-refractivity contribution in [3.63, 3.8) is 0 Å². The van der Waals surface area contributed by atoms with E-state index >= 15 is 0 Å². The fourth-order valence-corrected chi connectivity index (χ4v) is 9.56. The molecule has 3 aromatic rings. The zero-order valence-electron chi connectivity index (χ0n) is 26.8. The van der Waals surface area contributed by atoms with Gasteiger partial charge in [0.15, 0.2) is 0 Å². The number of amides is 1. The summed E-state index contributed by atoms with van der Waals surface area (Å²) >= 11 is 1.38. The lowest BCUT2D eigenvalue weighted by molar-refractivity contribution is -0.105. The van der Waals surface area contributed by atoms with Crippen LogP contribution in [0.3, 0.4) is 0 Å². The van der Waals surface area contributed by atoms with E-state index in [9.17, 15) is 4.79 Å². The van der Waals surface area contributed by atoms with Crippen LogP contribution < -0.4 is 5.32 Å². The lowest BCUT2D eigenvalue weighted by Crippen LogP contribution is -2.47. The summed E-state index contributed by atoms with van der Waals surface area (Å²) in [6.07, 6.45) is 2.99. The maximum absolute atomic E-state index is 10.7. The number of benzene rings is 2. The van der Waals surface area contributed by atoms with Gasteiger partial charge in [-0.05, 0) is 85.7 Å². The average Bonchev–Trinajstić information content (AvgIpc) is 3.44. The molecular formula is C33H50N4O3S2. The van der Waals surface area contributed by atoms with Crippen LogP contribution in [0, 0.1) is 0 Å². The van der Waals surface area contributed by atoms with Crippen molar-refractivity contribution in [3.8, 4) is 0 Å². The third-order valence-corrected chi connectivity index (χ3v) is 12.9. The van der Waals surface area contributed by atoms with Gasteiger partial charge < -0.3 is 14.2 Å². The Morgan fingerprint density at radius 3 is 1.90 bits per heavy atom. The molecular weight excluding hydrogens is 565 g/mol. The summed E-state index contributed by atoms with van der Waals surface area (Å²) in [5.41, 5.74) is -0.0739. The van der Waals surface area contributed by atoms with E-state index in [1.54, 1.807) is 0 Å². The Balaban J connectivity index is 0.000000337. The normalized spacial score (nSPS) is 15.6. The summed E-state index contributed by atoms with van der Waals surface area (Å²) in [5.74, 6) is 0. The minimum atomic E-state index is -1.83. The van der Waals surface area contributed by atoms with Gasteiger partial charge in [-0.15, -0.1) is 10.2 Å². The van der Waals surface area contributed by atoms with Crippen LogP contribution in [-0.2, 0) is 19.1 Å². The highest BCUT2D eigenvalue weighted by Gasteiger charge is 2.43. The van der Waals surface area contributed by atoms with Crippen molar-refractivity contribution in [2.75, 3.05) is 32.2 Å². The Morgan fingerprint density at radius 1 is 0.929 bits per heavy atom. The molecule has 4 rings (SSSR count). The Bertz CT molecular complexity index is 1190. The minimum absolute atomic E-state index is 0.142. The van der Waals surface area contributed by atoms with Crippen molar-refractivity contribution >= 4 is 33.2 Å². The van der Waals surface area contributed by atoms with E-state index in [1.165, 1.54) is 34.0 Å². The Hall–Kier alpha value is -2.30. The first-order valence-electron chi connectivity index (χ1n) is 14.6. The third-order valence-electron chi connectivity index (χ3n) is 7.59. The summed E-state index contributed by atoms with van der Waals surface area (Å²) < 4.78 is 12.2. The molecule has 0 saturated carbocycles. The van der Waals surface area contributed by atoms with Gasteiger partial charge in [-0.25, -0.2) is 0 Å². The van der Waals surface area contributed by atoms with Crippen LogP contribution in [-0.4, -0.2) is 64.7 Å². The van der Waals surface area contributed by atoms with Crippen LogP contribution in [0.1, 0.15) is 73.2 Å². The molecule has 42 heavy (non-hydrogen) atoms. The molecule has 0 bridgehead atoms. The molecule has 1 saturated heterocycles. The van der Waals surface area contributed by atoms with Crippen LogP contribution in [0.15, 0.2) is 70.5 Å². The molecule has 1 fully saturated rings. The van der Waals surface area contributed by atoms with Crippen molar-refractivity contribution in [3.05, 3.63) is 65.7 Å². The second-order valence-electron chi connectivity index (χ2n) is 13.2. The molecule has 0 aliphatic carbocycles. The highest BCUT2D eigenvalue weighted by molar-refractivity contribution is 8.31. The van der Waals surface area contributed by atoms with Crippen LogP contribution in [0.2, 0.25) is 0 Å². The fraction of sp³-hybridized carbons (Fsp3) is 0.545. The number of rotatable bonds is 9. The predicted molar refractivity (Wildman–Crippen MR) is 177 cm³/mol. The number of carbonyl (C=O) groups is 1. The number of aromatic nitrogens is 2. The van der Waals surface area contributed by atoms with Crippen molar-refractivity contribution in [1.82, 2.24) is 15.1 Å². The Kier molecular flexibility index (Phi) is 11.8. The Morgan fingerprint density at radius 2 is 1.45 bits per heavy atom. The summed E-state index contributed by atoms with van der Waals surface area (Å²) in [4.78, 5) is 15.6. The highest BCUT2D eigenvalue weighted by Crippen LogP contribution is 2.71. The minimum Gasteiger partial charge on any atom is -0.381 e. The average molecular weight is 615 g/mol. The van der Waals surface area contributed by atoms with Gasteiger partial charge in [0.05, 0.1) is 6.61 Å². The Labute approximate surface area is 258 Å². The number of nitrogens with one attached hydrogen (secondary N) is 1. The van der Waals surface area contributed by atoms with Crippen molar-refractivity contribution in [2.45, 2.75) is 99.8 Å². The molecule has 232 valence electrons. The second-order valence-corrected chi connectivity index (χ2v) is 17.7. The molecule has 1 amide bonds. The van der Waals surface area contributed by atoms with Crippen molar-refractivity contribution in [2.24, 2.45) is 0 Å². The summed E-state index contributed by atoms with van der Waals surface area (Å²) in [5, 5.41) is 12.3. The van der Waals surface area contributed by atoms with Crippen LogP contribution in [0.5, 0.6) is 0 Å². The van der Waals surface area contributed by atoms with Gasteiger partial charge in [-0.2, -0.15) is 0 Å². The topological polar surface area (TPSA) is 76.6 Å². The van der Waals surface area contributed by atoms with E-state index < -0.39 is 10.3 Å². The first kappa shape index (κ1) is 34.2. The van der Waals surface area contributed by atoms with E-state index in [0.717, 1.165) is 24.3 Å². The third kappa shape index (κ3) is 8.41. The van der Waals surface area contributed by atoms with Gasteiger partial charge in [0.25, 0.3) is 0 Å². The number of nitrogens with zero attached hydrogens (tertiary/aromatic N) is 3. The van der Waals surface area contributed by atoms with E-state index in [2.05, 4.69) is 131 Å². The largest absolute Gasteiger partial charge is 0.381 e. The molecule has 2 heterocycles. The van der Waals surface area contributed by atoms with Gasteiger partial charge >= 0.3 is 0 Å². The van der Waals surface area contributed by atoms with Crippen molar-refractivity contribution in [1.29, 1.82) is 0 Å². The number of ether oxygens (including phenoxy) is 1. The number of carbonyl (C=O) groups excluding carboxylic acids is 1. The van der Waals surface area contributed by atoms with Gasteiger partial charge in [0.1, 0.15) is 5.01 Å². The van der Waals surface area contributed by atoms with Crippen LogP contribution in [0.25, 0.3) is 0 Å². The van der Waals surface area contributed by atoms with Gasteiger partial charge in [-0.3, -0.25) is 9.69 Å².